The minimum Gasteiger partial charge on any atom is -0.307 e. The van der Waals surface area contributed by atoms with Crippen LogP contribution in [0.2, 0.25) is 0 Å². The van der Waals surface area contributed by atoms with Gasteiger partial charge in [-0.15, -0.1) is 0 Å². The smallest absolute Gasteiger partial charge is 0.0644 e. The van der Waals surface area contributed by atoms with Gasteiger partial charge in [-0.3, -0.25) is 4.68 Å². The van der Waals surface area contributed by atoms with Crippen molar-refractivity contribution in [2.24, 2.45) is 7.05 Å². The molecule has 1 aliphatic rings. The normalized spacial score (nSPS) is 18.9. The quantitative estimate of drug-likeness (QED) is 0.823. The molecule has 15 heavy (non-hydrogen) atoms. The van der Waals surface area contributed by atoms with Crippen LogP contribution in [0.25, 0.3) is 0 Å². The van der Waals surface area contributed by atoms with Crippen molar-refractivity contribution in [1.29, 1.82) is 0 Å². The number of aryl methyl sites for hydroxylation is 2. The number of nitrogens with one attached hydrogen (secondary N) is 1. The summed E-state index contributed by atoms with van der Waals surface area (Å²) in [5.41, 5.74) is 3.82. The first-order valence-corrected chi connectivity index (χ1v) is 5.85. The molecule has 1 saturated carbocycles. The summed E-state index contributed by atoms with van der Waals surface area (Å²) in [5, 5.41) is 8.13. The lowest BCUT2D eigenvalue weighted by Gasteiger charge is -2.30. The van der Waals surface area contributed by atoms with Crippen LogP contribution in [-0.2, 0) is 7.05 Å². The summed E-state index contributed by atoms with van der Waals surface area (Å²) in [6.07, 6.45) is 4.06. The Morgan fingerprint density at radius 1 is 1.40 bits per heavy atom. The summed E-state index contributed by atoms with van der Waals surface area (Å²) in [4.78, 5) is 0. The van der Waals surface area contributed by atoms with E-state index in [-0.39, 0.29) is 0 Å². The highest BCUT2D eigenvalue weighted by atomic mass is 15.3. The SMILES string of the molecule is Cc1nn(C)c(C)c1C(C)NC1CCC1. The van der Waals surface area contributed by atoms with E-state index in [0.717, 1.165) is 11.7 Å². The predicted octanol–water partition coefficient (Wildman–Crippen LogP) is 2.24. The Balaban J connectivity index is 2.12. The van der Waals surface area contributed by atoms with Crippen LogP contribution < -0.4 is 5.32 Å². The number of rotatable bonds is 3. The lowest BCUT2D eigenvalue weighted by molar-refractivity contribution is 0.312. The molecule has 1 heterocycles. The van der Waals surface area contributed by atoms with Gasteiger partial charge in [-0.2, -0.15) is 5.10 Å². The first-order valence-electron chi connectivity index (χ1n) is 5.85. The van der Waals surface area contributed by atoms with Gasteiger partial charge in [0.25, 0.3) is 0 Å². The van der Waals surface area contributed by atoms with Crippen molar-refractivity contribution in [3.8, 4) is 0 Å². The van der Waals surface area contributed by atoms with E-state index in [4.69, 9.17) is 0 Å². The van der Waals surface area contributed by atoms with E-state index >= 15 is 0 Å². The van der Waals surface area contributed by atoms with Gasteiger partial charge >= 0.3 is 0 Å². The molecular formula is C12H21N3. The van der Waals surface area contributed by atoms with E-state index in [1.165, 1.54) is 30.5 Å². The molecule has 84 valence electrons. The Morgan fingerprint density at radius 2 is 2.07 bits per heavy atom. The van der Waals surface area contributed by atoms with Crippen molar-refractivity contribution in [2.75, 3.05) is 0 Å². The maximum Gasteiger partial charge on any atom is 0.0644 e. The molecular weight excluding hydrogens is 186 g/mol. The van der Waals surface area contributed by atoms with Gasteiger partial charge < -0.3 is 5.32 Å². The summed E-state index contributed by atoms with van der Waals surface area (Å²) in [6, 6.07) is 1.17. The number of nitrogens with zero attached hydrogens (tertiary/aromatic N) is 2. The molecule has 1 atom stereocenters. The Kier molecular flexibility index (Phi) is 2.83. The minimum absolute atomic E-state index is 0.434. The third kappa shape index (κ3) is 1.93. The van der Waals surface area contributed by atoms with Crippen molar-refractivity contribution < 1.29 is 0 Å². The highest BCUT2D eigenvalue weighted by Gasteiger charge is 2.22. The van der Waals surface area contributed by atoms with E-state index in [1.54, 1.807) is 0 Å². The minimum atomic E-state index is 0.434. The van der Waals surface area contributed by atoms with E-state index < -0.39 is 0 Å². The van der Waals surface area contributed by atoms with Gasteiger partial charge in [0.05, 0.1) is 5.69 Å². The van der Waals surface area contributed by atoms with E-state index in [1.807, 2.05) is 11.7 Å². The van der Waals surface area contributed by atoms with Crippen LogP contribution in [0.3, 0.4) is 0 Å². The van der Waals surface area contributed by atoms with E-state index in [2.05, 4.69) is 31.2 Å². The van der Waals surface area contributed by atoms with Crippen molar-refractivity contribution in [3.05, 3.63) is 17.0 Å². The number of aromatic nitrogens is 2. The molecule has 1 fully saturated rings. The molecule has 0 bridgehead atoms. The van der Waals surface area contributed by atoms with Crippen molar-refractivity contribution in [3.63, 3.8) is 0 Å². The lowest BCUT2D eigenvalue weighted by Crippen LogP contribution is -2.37. The number of hydrogen-bond donors (Lipinski definition) is 1. The second-order valence-corrected chi connectivity index (χ2v) is 4.72. The summed E-state index contributed by atoms with van der Waals surface area (Å²) >= 11 is 0. The molecule has 1 aliphatic carbocycles. The fourth-order valence-electron chi connectivity index (χ4n) is 2.43. The molecule has 1 N–H and O–H groups in total. The van der Waals surface area contributed by atoms with E-state index in [0.29, 0.717) is 6.04 Å². The maximum atomic E-state index is 4.46. The summed E-state index contributed by atoms with van der Waals surface area (Å²) in [5.74, 6) is 0. The average Bonchev–Trinajstić information content (AvgIpc) is 2.34. The van der Waals surface area contributed by atoms with Gasteiger partial charge in [-0.05, 0) is 33.6 Å². The average molecular weight is 207 g/mol. The fourth-order valence-corrected chi connectivity index (χ4v) is 2.43. The van der Waals surface area contributed by atoms with Crippen molar-refractivity contribution in [1.82, 2.24) is 15.1 Å². The monoisotopic (exact) mass is 207 g/mol. The molecule has 0 amide bonds. The zero-order valence-electron chi connectivity index (χ0n) is 10.2. The summed E-state index contributed by atoms with van der Waals surface area (Å²) < 4.78 is 1.98. The molecule has 0 radical (unpaired) electrons. The molecule has 1 unspecified atom stereocenters. The van der Waals surface area contributed by atoms with Crippen LogP contribution in [0.4, 0.5) is 0 Å². The van der Waals surface area contributed by atoms with E-state index in [9.17, 15) is 0 Å². The number of hydrogen-bond acceptors (Lipinski definition) is 2. The standard InChI is InChI=1S/C12H21N3/c1-8(13-11-6-5-7-11)12-9(2)14-15(4)10(12)3/h8,11,13H,5-7H2,1-4H3. The van der Waals surface area contributed by atoms with Gasteiger partial charge in [-0.25, -0.2) is 0 Å². The highest BCUT2D eigenvalue weighted by Crippen LogP contribution is 2.25. The van der Waals surface area contributed by atoms with Crippen LogP contribution in [0.15, 0.2) is 0 Å². The fraction of sp³-hybridized carbons (Fsp3) is 0.750. The Bertz CT molecular complexity index is 350. The first kappa shape index (κ1) is 10.7. The van der Waals surface area contributed by atoms with Gasteiger partial charge in [0.2, 0.25) is 0 Å². The van der Waals surface area contributed by atoms with Crippen LogP contribution in [0.1, 0.15) is 49.2 Å². The van der Waals surface area contributed by atoms with Crippen LogP contribution >= 0.6 is 0 Å². The Hall–Kier alpha value is -0.830. The van der Waals surface area contributed by atoms with Crippen molar-refractivity contribution >= 4 is 0 Å². The summed E-state index contributed by atoms with van der Waals surface area (Å²) in [6.45, 7) is 6.49. The molecule has 1 aromatic rings. The second-order valence-electron chi connectivity index (χ2n) is 4.72. The third-order valence-corrected chi connectivity index (χ3v) is 3.59. The lowest BCUT2D eigenvalue weighted by atomic mass is 9.91. The van der Waals surface area contributed by atoms with Crippen LogP contribution in [0, 0.1) is 13.8 Å². The predicted molar refractivity (Wildman–Crippen MR) is 61.9 cm³/mol. The zero-order valence-corrected chi connectivity index (χ0v) is 10.2. The van der Waals surface area contributed by atoms with Gasteiger partial charge in [0.15, 0.2) is 0 Å². The Labute approximate surface area is 91.9 Å². The van der Waals surface area contributed by atoms with Gasteiger partial charge in [0, 0.05) is 30.4 Å². The molecule has 0 aliphatic heterocycles. The van der Waals surface area contributed by atoms with Gasteiger partial charge in [-0.1, -0.05) is 6.42 Å². The summed E-state index contributed by atoms with van der Waals surface area (Å²) in [7, 11) is 2.02. The third-order valence-electron chi connectivity index (χ3n) is 3.59. The molecule has 1 aromatic heterocycles. The van der Waals surface area contributed by atoms with Crippen molar-refractivity contribution in [2.45, 2.75) is 52.1 Å². The molecule has 0 spiro atoms. The molecule has 0 aromatic carbocycles. The maximum absolute atomic E-state index is 4.46. The topological polar surface area (TPSA) is 29.9 Å². The first-order chi connectivity index (χ1) is 7.09. The largest absolute Gasteiger partial charge is 0.307 e. The molecule has 3 heteroatoms. The van der Waals surface area contributed by atoms with Crippen LogP contribution in [0.5, 0.6) is 0 Å². The highest BCUT2D eigenvalue weighted by molar-refractivity contribution is 5.27. The Morgan fingerprint density at radius 3 is 2.47 bits per heavy atom. The van der Waals surface area contributed by atoms with Gasteiger partial charge in [0.1, 0.15) is 0 Å². The molecule has 2 rings (SSSR count). The second kappa shape index (κ2) is 3.97. The molecule has 0 saturated heterocycles. The molecule has 3 nitrogen and oxygen atoms in total. The zero-order chi connectivity index (χ0) is 11.0. The van der Waals surface area contributed by atoms with Crippen LogP contribution in [-0.4, -0.2) is 15.8 Å².